The average Bonchev–Trinajstić information content (AvgIpc) is 2.95. The quantitative estimate of drug-likeness (QED) is 0.520. The number of H-pyrrole nitrogens is 1. The van der Waals surface area contributed by atoms with E-state index in [1.807, 2.05) is 37.4 Å². The summed E-state index contributed by atoms with van der Waals surface area (Å²) in [5, 5.41) is 11.8. The smallest absolute Gasteiger partial charge is 0.216 e. The zero-order chi connectivity index (χ0) is 18.7. The average molecular weight is 366 g/mol. The molecule has 0 radical (unpaired) electrons. The molecule has 0 bridgehead atoms. The van der Waals surface area contributed by atoms with Crippen LogP contribution in [-0.4, -0.2) is 27.7 Å². The van der Waals surface area contributed by atoms with Crippen molar-refractivity contribution in [3.05, 3.63) is 63.4 Å². The number of hydrogen-bond donors (Lipinski definition) is 1. The van der Waals surface area contributed by atoms with Gasteiger partial charge in [0.15, 0.2) is 5.82 Å². The third-order valence-corrected chi connectivity index (χ3v) is 4.38. The highest BCUT2D eigenvalue weighted by atomic mass is 32.1. The van der Waals surface area contributed by atoms with E-state index in [4.69, 9.17) is 17.0 Å². The zero-order valence-corrected chi connectivity index (χ0v) is 16.2. The molecule has 0 saturated heterocycles. The molecule has 0 fully saturated rings. The highest BCUT2D eigenvalue weighted by molar-refractivity contribution is 7.71. The number of aromatic nitrogens is 3. The van der Waals surface area contributed by atoms with Crippen molar-refractivity contribution in [2.24, 2.45) is 5.10 Å². The normalized spacial score (nSPS) is 11.2. The third-order valence-electron chi connectivity index (χ3n) is 4.12. The van der Waals surface area contributed by atoms with Crippen molar-refractivity contribution in [3.63, 3.8) is 0 Å². The number of benzene rings is 2. The molecule has 0 aliphatic heterocycles. The van der Waals surface area contributed by atoms with E-state index in [9.17, 15) is 0 Å². The van der Waals surface area contributed by atoms with Crippen LogP contribution in [0.1, 0.15) is 29.2 Å². The Labute approximate surface area is 158 Å². The SMILES string of the molecule is CCOc1ccccc1-c1n[nH]c(=S)n1N=Cc1c(C)cc(C)cc1C. The Morgan fingerprint density at radius 2 is 1.88 bits per heavy atom. The van der Waals surface area contributed by atoms with Gasteiger partial charge in [-0.05, 0) is 63.2 Å². The molecule has 0 spiro atoms. The van der Waals surface area contributed by atoms with E-state index < -0.39 is 0 Å². The molecule has 5 nitrogen and oxygen atoms in total. The molecule has 134 valence electrons. The summed E-state index contributed by atoms with van der Waals surface area (Å²) in [6.45, 7) is 8.79. The van der Waals surface area contributed by atoms with Crippen LogP contribution < -0.4 is 4.74 Å². The second-order valence-electron chi connectivity index (χ2n) is 6.15. The van der Waals surface area contributed by atoms with Crippen molar-refractivity contribution in [1.82, 2.24) is 14.9 Å². The van der Waals surface area contributed by atoms with Gasteiger partial charge in [0.05, 0.1) is 18.4 Å². The van der Waals surface area contributed by atoms with E-state index in [2.05, 4.69) is 48.2 Å². The fourth-order valence-electron chi connectivity index (χ4n) is 3.02. The van der Waals surface area contributed by atoms with Gasteiger partial charge in [-0.2, -0.15) is 14.9 Å². The van der Waals surface area contributed by atoms with Crippen LogP contribution in [0, 0.1) is 25.5 Å². The predicted molar refractivity (Wildman–Crippen MR) is 108 cm³/mol. The Kier molecular flexibility index (Phi) is 5.32. The van der Waals surface area contributed by atoms with Crippen LogP contribution in [0.5, 0.6) is 5.75 Å². The van der Waals surface area contributed by atoms with Crippen molar-refractivity contribution in [3.8, 4) is 17.1 Å². The van der Waals surface area contributed by atoms with Crippen LogP contribution in [0.15, 0.2) is 41.5 Å². The molecule has 2 aromatic carbocycles. The molecule has 3 rings (SSSR count). The van der Waals surface area contributed by atoms with Gasteiger partial charge in [0, 0.05) is 5.56 Å². The minimum atomic E-state index is 0.435. The maximum atomic E-state index is 5.72. The summed E-state index contributed by atoms with van der Waals surface area (Å²) in [4.78, 5) is 0. The molecule has 1 N–H and O–H groups in total. The lowest BCUT2D eigenvalue weighted by molar-refractivity contribution is 0.341. The molecule has 0 atom stereocenters. The van der Waals surface area contributed by atoms with E-state index in [1.165, 1.54) is 16.7 Å². The van der Waals surface area contributed by atoms with Gasteiger partial charge in [0.1, 0.15) is 5.75 Å². The Bertz CT molecular complexity index is 994. The van der Waals surface area contributed by atoms with E-state index in [0.717, 1.165) is 16.9 Å². The molecule has 0 aliphatic rings. The molecule has 0 amide bonds. The van der Waals surface area contributed by atoms with Gasteiger partial charge in [-0.3, -0.25) is 0 Å². The van der Waals surface area contributed by atoms with Crippen LogP contribution in [0.3, 0.4) is 0 Å². The van der Waals surface area contributed by atoms with Crippen molar-refractivity contribution in [2.75, 3.05) is 6.61 Å². The molecule has 0 saturated carbocycles. The summed E-state index contributed by atoms with van der Waals surface area (Å²) < 4.78 is 7.78. The van der Waals surface area contributed by atoms with Crippen molar-refractivity contribution < 1.29 is 4.74 Å². The number of ether oxygens (including phenoxy) is 1. The lowest BCUT2D eigenvalue weighted by Crippen LogP contribution is -2.00. The maximum absolute atomic E-state index is 5.72. The number of aromatic amines is 1. The second kappa shape index (κ2) is 7.66. The zero-order valence-electron chi connectivity index (χ0n) is 15.4. The maximum Gasteiger partial charge on any atom is 0.216 e. The standard InChI is InChI=1S/C20H22N4OS/c1-5-25-18-9-7-6-8-16(18)19-22-23-20(26)24(19)21-12-17-14(3)10-13(2)11-15(17)4/h6-12H,5H2,1-4H3,(H,23,26). The fraction of sp³-hybridized carbons (Fsp3) is 0.250. The lowest BCUT2D eigenvalue weighted by Gasteiger charge is -2.09. The molecule has 0 aliphatic carbocycles. The summed E-state index contributed by atoms with van der Waals surface area (Å²) in [5.74, 6) is 1.38. The number of nitrogens with zero attached hydrogens (tertiary/aromatic N) is 3. The van der Waals surface area contributed by atoms with Gasteiger partial charge in [-0.1, -0.05) is 29.8 Å². The number of rotatable bonds is 5. The van der Waals surface area contributed by atoms with Gasteiger partial charge in [-0.25, -0.2) is 5.10 Å². The van der Waals surface area contributed by atoms with Gasteiger partial charge in [-0.15, -0.1) is 0 Å². The molecule has 0 unspecified atom stereocenters. The molecule has 3 aromatic rings. The van der Waals surface area contributed by atoms with Crippen LogP contribution >= 0.6 is 12.2 Å². The predicted octanol–water partition coefficient (Wildman–Crippen LogP) is 4.81. The number of aryl methyl sites for hydroxylation is 3. The molecular weight excluding hydrogens is 344 g/mol. The largest absolute Gasteiger partial charge is 0.493 e. The molecule has 1 heterocycles. The number of nitrogens with one attached hydrogen (secondary N) is 1. The molecule has 26 heavy (non-hydrogen) atoms. The van der Waals surface area contributed by atoms with Crippen molar-refractivity contribution in [2.45, 2.75) is 27.7 Å². The first kappa shape index (κ1) is 18.1. The van der Waals surface area contributed by atoms with Gasteiger partial charge in [0.25, 0.3) is 0 Å². The Morgan fingerprint density at radius 3 is 2.58 bits per heavy atom. The number of hydrogen-bond acceptors (Lipinski definition) is 4. The number of para-hydroxylation sites is 1. The fourth-order valence-corrected chi connectivity index (χ4v) is 3.20. The summed E-state index contributed by atoms with van der Waals surface area (Å²) in [6, 6.07) is 12.0. The molecular formula is C20H22N4OS. The van der Waals surface area contributed by atoms with E-state index in [0.29, 0.717) is 17.2 Å². The van der Waals surface area contributed by atoms with Crippen LogP contribution in [0.4, 0.5) is 0 Å². The van der Waals surface area contributed by atoms with Crippen LogP contribution in [-0.2, 0) is 0 Å². The van der Waals surface area contributed by atoms with E-state index in [-0.39, 0.29) is 0 Å². The minimum absolute atomic E-state index is 0.435. The lowest BCUT2D eigenvalue weighted by atomic mass is 10.0. The molecule has 1 aromatic heterocycles. The highest BCUT2D eigenvalue weighted by Crippen LogP contribution is 2.28. The minimum Gasteiger partial charge on any atom is -0.493 e. The Hall–Kier alpha value is -2.73. The topological polar surface area (TPSA) is 55.2 Å². The van der Waals surface area contributed by atoms with Gasteiger partial charge in [0.2, 0.25) is 4.77 Å². The van der Waals surface area contributed by atoms with E-state index in [1.54, 1.807) is 4.68 Å². The van der Waals surface area contributed by atoms with Crippen molar-refractivity contribution in [1.29, 1.82) is 0 Å². The van der Waals surface area contributed by atoms with Crippen LogP contribution in [0.2, 0.25) is 0 Å². The summed E-state index contributed by atoms with van der Waals surface area (Å²) in [7, 11) is 0. The summed E-state index contributed by atoms with van der Waals surface area (Å²) in [6.07, 6.45) is 1.84. The second-order valence-corrected chi connectivity index (χ2v) is 6.54. The summed E-state index contributed by atoms with van der Waals surface area (Å²) >= 11 is 5.37. The summed E-state index contributed by atoms with van der Waals surface area (Å²) in [5.41, 5.74) is 5.53. The first-order chi connectivity index (χ1) is 12.5. The van der Waals surface area contributed by atoms with E-state index >= 15 is 0 Å². The highest BCUT2D eigenvalue weighted by Gasteiger charge is 2.13. The Morgan fingerprint density at radius 1 is 1.19 bits per heavy atom. The first-order valence-electron chi connectivity index (χ1n) is 8.53. The van der Waals surface area contributed by atoms with Crippen molar-refractivity contribution >= 4 is 18.4 Å². The molecule has 6 heteroatoms. The third kappa shape index (κ3) is 3.60. The van der Waals surface area contributed by atoms with Crippen LogP contribution in [0.25, 0.3) is 11.4 Å². The Balaban J connectivity index is 2.07. The van der Waals surface area contributed by atoms with Gasteiger partial charge < -0.3 is 4.74 Å². The monoisotopic (exact) mass is 366 g/mol. The van der Waals surface area contributed by atoms with Gasteiger partial charge >= 0.3 is 0 Å². The first-order valence-corrected chi connectivity index (χ1v) is 8.94.